The van der Waals surface area contributed by atoms with Gasteiger partial charge in [0.15, 0.2) is 0 Å². The minimum Gasteiger partial charge on any atom is -0.328 e. The lowest BCUT2D eigenvalue weighted by Crippen LogP contribution is -2.39. The molecule has 7 heteroatoms. The summed E-state index contributed by atoms with van der Waals surface area (Å²) in [6.07, 6.45) is 3.12. The number of rotatable bonds is 4. The Morgan fingerprint density at radius 2 is 1.96 bits per heavy atom. The average Bonchev–Trinajstić information content (AvgIpc) is 3.15. The first-order valence-electron chi connectivity index (χ1n) is 9.21. The lowest BCUT2D eigenvalue weighted by atomic mass is 9.87. The van der Waals surface area contributed by atoms with Crippen LogP contribution in [0.1, 0.15) is 36.9 Å². The normalized spacial score (nSPS) is 18.5. The SMILES string of the molecule is C=C1Nc2ncnn2C(c2ccc(C(C)C)cc2)C1C(=O)Nc1ccccn1. The van der Waals surface area contributed by atoms with Crippen LogP contribution >= 0.6 is 0 Å². The number of nitrogens with zero attached hydrogens (tertiary/aromatic N) is 4. The van der Waals surface area contributed by atoms with Crippen LogP contribution in [0.2, 0.25) is 0 Å². The molecule has 2 N–H and O–H groups in total. The van der Waals surface area contributed by atoms with Crippen LogP contribution in [0.25, 0.3) is 0 Å². The minimum absolute atomic E-state index is 0.199. The van der Waals surface area contributed by atoms with Gasteiger partial charge in [0.25, 0.3) is 0 Å². The molecule has 1 aromatic carbocycles. The average molecular weight is 374 g/mol. The van der Waals surface area contributed by atoms with Gasteiger partial charge in [0.05, 0.1) is 6.04 Å². The predicted molar refractivity (Wildman–Crippen MR) is 108 cm³/mol. The molecule has 2 atom stereocenters. The fraction of sp³-hybridized carbons (Fsp3) is 0.238. The van der Waals surface area contributed by atoms with Crippen LogP contribution in [0.5, 0.6) is 0 Å². The Bertz CT molecular complexity index is 993. The van der Waals surface area contributed by atoms with Gasteiger partial charge < -0.3 is 10.6 Å². The molecule has 7 nitrogen and oxygen atoms in total. The van der Waals surface area contributed by atoms with Crippen molar-refractivity contribution >= 4 is 17.7 Å². The molecule has 0 saturated heterocycles. The van der Waals surface area contributed by atoms with Crippen LogP contribution in [0.15, 0.2) is 67.3 Å². The number of anilines is 2. The molecule has 2 unspecified atom stereocenters. The number of carbonyl (C=O) groups excluding carboxylic acids is 1. The van der Waals surface area contributed by atoms with Crippen molar-refractivity contribution in [3.05, 3.63) is 78.4 Å². The Morgan fingerprint density at radius 1 is 1.18 bits per heavy atom. The summed E-state index contributed by atoms with van der Waals surface area (Å²) >= 11 is 0. The van der Waals surface area contributed by atoms with E-state index >= 15 is 0 Å². The number of benzene rings is 1. The van der Waals surface area contributed by atoms with E-state index in [4.69, 9.17) is 0 Å². The van der Waals surface area contributed by atoms with Gasteiger partial charge in [-0.25, -0.2) is 9.67 Å². The molecule has 1 amide bonds. The third kappa shape index (κ3) is 3.26. The van der Waals surface area contributed by atoms with Crippen LogP contribution in [0.3, 0.4) is 0 Å². The number of fused-ring (bicyclic) bond motifs is 1. The Morgan fingerprint density at radius 3 is 2.64 bits per heavy atom. The van der Waals surface area contributed by atoms with E-state index in [-0.39, 0.29) is 11.9 Å². The summed E-state index contributed by atoms with van der Waals surface area (Å²) in [4.78, 5) is 21.6. The molecule has 1 aliphatic rings. The second kappa shape index (κ2) is 7.26. The number of hydrogen-bond acceptors (Lipinski definition) is 5. The summed E-state index contributed by atoms with van der Waals surface area (Å²) in [7, 11) is 0. The van der Waals surface area contributed by atoms with Gasteiger partial charge in [-0.2, -0.15) is 10.1 Å². The van der Waals surface area contributed by atoms with Crippen LogP contribution in [-0.4, -0.2) is 25.7 Å². The quantitative estimate of drug-likeness (QED) is 0.729. The highest BCUT2D eigenvalue weighted by Gasteiger charge is 2.39. The molecule has 142 valence electrons. The van der Waals surface area contributed by atoms with Crippen molar-refractivity contribution < 1.29 is 4.79 Å². The highest BCUT2D eigenvalue weighted by Crippen LogP contribution is 2.38. The van der Waals surface area contributed by atoms with E-state index in [1.54, 1.807) is 23.0 Å². The molecule has 0 bridgehead atoms. The first-order chi connectivity index (χ1) is 13.5. The van der Waals surface area contributed by atoms with E-state index in [0.717, 1.165) is 5.56 Å². The van der Waals surface area contributed by atoms with Crippen LogP contribution in [-0.2, 0) is 4.79 Å². The Balaban J connectivity index is 1.72. The molecule has 0 aliphatic carbocycles. The minimum atomic E-state index is -0.568. The first-order valence-corrected chi connectivity index (χ1v) is 9.21. The monoisotopic (exact) mass is 374 g/mol. The molecule has 0 radical (unpaired) electrons. The zero-order valence-electron chi connectivity index (χ0n) is 15.8. The molecular formula is C21H22N6O. The summed E-state index contributed by atoms with van der Waals surface area (Å²) in [6, 6.07) is 13.3. The zero-order chi connectivity index (χ0) is 19.7. The number of nitrogens with one attached hydrogen (secondary N) is 2. The molecule has 3 heterocycles. The molecule has 0 spiro atoms. The van der Waals surface area contributed by atoms with Gasteiger partial charge in [0.2, 0.25) is 11.9 Å². The Hall–Kier alpha value is -3.48. The van der Waals surface area contributed by atoms with Crippen LogP contribution < -0.4 is 10.6 Å². The topological polar surface area (TPSA) is 84.7 Å². The van der Waals surface area contributed by atoms with Gasteiger partial charge in [-0.1, -0.05) is 50.8 Å². The van der Waals surface area contributed by atoms with Gasteiger partial charge >= 0.3 is 0 Å². The molecule has 2 aromatic heterocycles. The highest BCUT2D eigenvalue weighted by atomic mass is 16.2. The zero-order valence-corrected chi connectivity index (χ0v) is 15.8. The van der Waals surface area contributed by atoms with E-state index in [2.05, 4.69) is 58.3 Å². The van der Waals surface area contributed by atoms with Crippen LogP contribution in [0.4, 0.5) is 11.8 Å². The molecule has 0 saturated carbocycles. The van der Waals surface area contributed by atoms with Gasteiger partial charge in [-0.15, -0.1) is 0 Å². The highest BCUT2D eigenvalue weighted by molar-refractivity contribution is 5.95. The lowest BCUT2D eigenvalue weighted by Gasteiger charge is -2.33. The third-order valence-corrected chi connectivity index (χ3v) is 4.94. The van der Waals surface area contributed by atoms with E-state index in [1.165, 1.54) is 11.9 Å². The maximum atomic E-state index is 13.2. The predicted octanol–water partition coefficient (Wildman–Crippen LogP) is 3.58. The van der Waals surface area contributed by atoms with E-state index < -0.39 is 5.92 Å². The number of aromatic nitrogens is 4. The van der Waals surface area contributed by atoms with Gasteiger partial charge in [0.1, 0.15) is 18.1 Å². The molecule has 28 heavy (non-hydrogen) atoms. The molecule has 4 rings (SSSR count). The van der Waals surface area contributed by atoms with Crippen molar-refractivity contribution in [1.82, 2.24) is 19.7 Å². The maximum Gasteiger partial charge on any atom is 0.237 e. The second-order valence-corrected chi connectivity index (χ2v) is 7.13. The second-order valence-electron chi connectivity index (χ2n) is 7.13. The summed E-state index contributed by atoms with van der Waals surface area (Å²) in [5.74, 6) is 0.738. The van der Waals surface area contributed by atoms with Crippen molar-refractivity contribution in [3.8, 4) is 0 Å². The third-order valence-electron chi connectivity index (χ3n) is 4.94. The van der Waals surface area contributed by atoms with E-state index in [9.17, 15) is 4.79 Å². The van der Waals surface area contributed by atoms with E-state index in [0.29, 0.717) is 23.4 Å². The summed E-state index contributed by atoms with van der Waals surface area (Å²) < 4.78 is 1.74. The van der Waals surface area contributed by atoms with Gasteiger partial charge in [-0.05, 0) is 29.2 Å². The largest absolute Gasteiger partial charge is 0.328 e. The number of pyridine rings is 1. The Kier molecular flexibility index (Phi) is 4.65. The summed E-state index contributed by atoms with van der Waals surface area (Å²) in [5.41, 5.74) is 2.79. The van der Waals surface area contributed by atoms with Crippen molar-refractivity contribution in [2.24, 2.45) is 5.92 Å². The first kappa shape index (κ1) is 17.9. The van der Waals surface area contributed by atoms with Crippen molar-refractivity contribution in [1.29, 1.82) is 0 Å². The maximum absolute atomic E-state index is 13.2. The summed E-state index contributed by atoms with van der Waals surface area (Å²) in [6.45, 7) is 8.39. The van der Waals surface area contributed by atoms with Crippen LogP contribution in [0, 0.1) is 5.92 Å². The van der Waals surface area contributed by atoms with Crippen molar-refractivity contribution in [3.63, 3.8) is 0 Å². The lowest BCUT2D eigenvalue weighted by molar-refractivity contribution is -0.119. The standard InChI is InChI=1S/C21H22N6O/c1-13(2)15-7-9-16(10-8-15)19-18(14(3)25-21-23-12-24-27(19)21)20(28)26-17-6-4-5-11-22-17/h4-13,18-19H,3H2,1-2H3,(H,22,26,28)(H,23,24,25). The molecule has 0 fully saturated rings. The van der Waals surface area contributed by atoms with Gasteiger partial charge in [-0.3, -0.25) is 4.79 Å². The number of amides is 1. The van der Waals surface area contributed by atoms with Gasteiger partial charge in [0, 0.05) is 11.9 Å². The molecular weight excluding hydrogens is 352 g/mol. The smallest absolute Gasteiger partial charge is 0.237 e. The fourth-order valence-corrected chi connectivity index (χ4v) is 3.45. The number of carbonyl (C=O) groups is 1. The van der Waals surface area contributed by atoms with E-state index in [1.807, 2.05) is 18.2 Å². The van der Waals surface area contributed by atoms with Crippen molar-refractivity contribution in [2.45, 2.75) is 25.8 Å². The Labute approximate surface area is 163 Å². The fourth-order valence-electron chi connectivity index (χ4n) is 3.45. The summed E-state index contributed by atoms with van der Waals surface area (Å²) in [5, 5.41) is 10.3. The number of hydrogen-bond donors (Lipinski definition) is 2. The van der Waals surface area contributed by atoms with Crippen molar-refractivity contribution in [2.75, 3.05) is 10.6 Å². The molecule has 3 aromatic rings. The molecule has 1 aliphatic heterocycles.